The monoisotopic (exact) mass is 324 g/mol. The number of fused-ring (bicyclic) bond motifs is 1. The minimum atomic E-state index is -0.462. The van der Waals surface area contributed by atoms with E-state index in [9.17, 15) is 5.11 Å². The predicted octanol–water partition coefficient (Wildman–Crippen LogP) is 3.57. The summed E-state index contributed by atoms with van der Waals surface area (Å²) in [5.41, 5.74) is 3.84. The number of likely N-dealkylation sites (N-methyl/N-ethyl adjacent to an activating group) is 1. The Hall–Kier alpha value is -1.84. The number of nitrogens with zero attached hydrogens (tertiary/aromatic N) is 1. The first-order valence-corrected chi connectivity index (χ1v) is 8.86. The summed E-state index contributed by atoms with van der Waals surface area (Å²) >= 11 is 0. The van der Waals surface area contributed by atoms with Crippen LogP contribution in [0.5, 0.6) is 0 Å². The molecule has 24 heavy (non-hydrogen) atoms. The molecule has 0 aromatic heterocycles. The molecule has 3 heteroatoms. The number of aliphatic hydroxyl groups excluding tert-OH is 1. The van der Waals surface area contributed by atoms with Crippen molar-refractivity contribution in [1.82, 2.24) is 5.32 Å². The molecule has 2 aromatic carbocycles. The number of nitrogens with one attached hydrogen (secondary N) is 1. The summed E-state index contributed by atoms with van der Waals surface area (Å²) in [4.78, 5) is 2.40. The minimum Gasteiger partial charge on any atom is -0.389 e. The van der Waals surface area contributed by atoms with Gasteiger partial charge in [0.05, 0.1) is 12.1 Å². The van der Waals surface area contributed by atoms with Gasteiger partial charge in [-0.05, 0) is 30.2 Å². The second-order valence-electron chi connectivity index (χ2n) is 7.04. The Labute approximate surface area is 145 Å². The van der Waals surface area contributed by atoms with E-state index in [2.05, 4.69) is 72.6 Å². The van der Waals surface area contributed by atoms with Gasteiger partial charge in [-0.1, -0.05) is 62.4 Å². The van der Waals surface area contributed by atoms with E-state index in [0.717, 1.165) is 6.54 Å². The summed E-state index contributed by atoms with van der Waals surface area (Å²) in [5, 5.41) is 14.0. The molecular formula is C21H28N2O. The Morgan fingerprint density at radius 3 is 2.42 bits per heavy atom. The Morgan fingerprint density at radius 2 is 1.75 bits per heavy atom. The molecule has 0 radical (unpaired) electrons. The minimum absolute atomic E-state index is 0.0384. The zero-order valence-electron chi connectivity index (χ0n) is 14.8. The van der Waals surface area contributed by atoms with Crippen LogP contribution in [0.3, 0.4) is 0 Å². The second kappa shape index (κ2) is 7.37. The van der Waals surface area contributed by atoms with Crippen molar-refractivity contribution in [2.45, 2.75) is 31.9 Å². The van der Waals surface area contributed by atoms with Crippen LogP contribution < -0.4 is 10.2 Å². The summed E-state index contributed by atoms with van der Waals surface area (Å²) in [7, 11) is 1.89. The fourth-order valence-electron chi connectivity index (χ4n) is 3.89. The van der Waals surface area contributed by atoms with Gasteiger partial charge >= 0.3 is 0 Å². The molecule has 1 aliphatic rings. The van der Waals surface area contributed by atoms with E-state index in [-0.39, 0.29) is 6.04 Å². The van der Waals surface area contributed by atoms with Gasteiger partial charge < -0.3 is 15.3 Å². The average Bonchev–Trinajstić information content (AvgIpc) is 2.96. The van der Waals surface area contributed by atoms with Gasteiger partial charge in [0, 0.05) is 24.7 Å². The lowest BCUT2D eigenvalue weighted by Gasteiger charge is -2.35. The van der Waals surface area contributed by atoms with Crippen LogP contribution in [0.4, 0.5) is 5.69 Å². The average molecular weight is 324 g/mol. The number of hydrogen-bond donors (Lipinski definition) is 2. The molecule has 1 aliphatic heterocycles. The Kier molecular flexibility index (Phi) is 5.22. The van der Waals surface area contributed by atoms with Crippen LogP contribution in [0, 0.1) is 5.92 Å². The molecule has 0 aliphatic carbocycles. The van der Waals surface area contributed by atoms with Crippen LogP contribution in [-0.4, -0.2) is 31.3 Å². The smallest absolute Gasteiger partial charge is 0.0909 e. The van der Waals surface area contributed by atoms with Crippen molar-refractivity contribution < 1.29 is 5.11 Å². The molecule has 3 atom stereocenters. The Balaban J connectivity index is 2.02. The van der Waals surface area contributed by atoms with E-state index in [1.807, 2.05) is 13.1 Å². The fourth-order valence-corrected chi connectivity index (χ4v) is 3.89. The number of rotatable bonds is 6. The van der Waals surface area contributed by atoms with E-state index in [4.69, 9.17) is 0 Å². The molecule has 1 heterocycles. The lowest BCUT2D eigenvalue weighted by molar-refractivity contribution is 0.140. The van der Waals surface area contributed by atoms with E-state index in [1.54, 1.807) is 0 Å². The first-order valence-electron chi connectivity index (χ1n) is 8.86. The third kappa shape index (κ3) is 3.19. The normalized spacial score (nSPS) is 19.4. The summed E-state index contributed by atoms with van der Waals surface area (Å²) in [6.45, 7) is 6.10. The van der Waals surface area contributed by atoms with Crippen LogP contribution in [0.2, 0.25) is 0 Å². The largest absolute Gasteiger partial charge is 0.389 e. The van der Waals surface area contributed by atoms with Crippen molar-refractivity contribution in [2.24, 2.45) is 5.92 Å². The van der Waals surface area contributed by atoms with Crippen molar-refractivity contribution >= 4 is 5.69 Å². The van der Waals surface area contributed by atoms with Gasteiger partial charge in [-0.15, -0.1) is 0 Å². The highest BCUT2D eigenvalue weighted by Gasteiger charge is 2.37. The lowest BCUT2D eigenvalue weighted by atomic mass is 9.90. The molecule has 1 unspecified atom stereocenters. The van der Waals surface area contributed by atoms with Gasteiger partial charge in [-0.3, -0.25) is 0 Å². The van der Waals surface area contributed by atoms with Crippen LogP contribution in [0.15, 0.2) is 54.6 Å². The molecule has 2 aromatic rings. The van der Waals surface area contributed by atoms with Crippen LogP contribution >= 0.6 is 0 Å². The van der Waals surface area contributed by atoms with Gasteiger partial charge in [0.2, 0.25) is 0 Å². The molecule has 0 bridgehead atoms. The van der Waals surface area contributed by atoms with Crippen molar-refractivity contribution in [2.75, 3.05) is 25.0 Å². The maximum Gasteiger partial charge on any atom is 0.0909 e. The van der Waals surface area contributed by atoms with E-state index in [0.29, 0.717) is 18.4 Å². The first kappa shape index (κ1) is 17.0. The quantitative estimate of drug-likeness (QED) is 0.853. The van der Waals surface area contributed by atoms with Crippen molar-refractivity contribution in [3.05, 3.63) is 65.7 Å². The van der Waals surface area contributed by atoms with Crippen molar-refractivity contribution in [3.63, 3.8) is 0 Å². The summed E-state index contributed by atoms with van der Waals surface area (Å²) in [5.74, 6) is 1.09. The highest BCUT2D eigenvalue weighted by Crippen LogP contribution is 2.44. The zero-order chi connectivity index (χ0) is 17.1. The molecule has 0 amide bonds. The molecule has 3 nitrogen and oxygen atoms in total. The van der Waals surface area contributed by atoms with Crippen LogP contribution in [0.1, 0.15) is 36.9 Å². The number of para-hydroxylation sites is 1. The van der Waals surface area contributed by atoms with Gasteiger partial charge in [0.15, 0.2) is 0 Å². The van der Waals surface area contributed by atoms with E-state index < -0.39 is 6.10 Å². The number of hydrogen-bond acceptors (Lipinski definition) is 3. The fraction of sp³-hybridized carbons (Fsp3) is 0.429. The molecule has 0 saturated heterocycles. The molecule has 3 rings (SSSR count). The predicted molar refractivity (Wildman–Crippen MR) is 100 cm³/mol. The third-order valence-electron chi connectivity index (χ3n) is 5.10. The Bertz CT molecular complexity index is 656. The molecular weight excluding hydrogens is 296 g/mol. The Morgan fingerprint density at radius 1 is 1.08 bits per heavy atom. The standard InChI is InChI=1S/C21H28N2O/c1-15(2)18-14-23(19-12-8-7-11-17(18)19)21(20(24)13-22-3)16-9-5-4-6-10-16/h4-12,15,18,20-22,24H,13-14H2,1-3H3/t18?,20-,21+/m1/s1. The van der Waals surface area contributed by atoms with E-state index >= 15 is 0 Å². The molecule has 2 N–H and O–H groups in total. The number of benzene rings is 2. The molecule has 128 valence electrons. The highest BCUT2D eigenvalue weighted by atomic mass is 16.3. The summed E-state index contributed by atoms with van der Waals surface area (Å²) in [6.07, 6.45) is -0.462. The van der Waals surface area contributed by atoms with Crippen molar-refractivity contribution in [3.8, 4) is 0 Å². The van der Waals surface area contributed by atoms with Gasteiger partial charge in [-0.2, -0.15) is 0 Å². The zero-order valence-corrected chi connectivity index (χ0v) is 14.8. The first-order chi connectivity index (χ1) is 11.6. The van der Waals surface area contributed by atoms with Gasteiger partial charge in [-0.25, -0.2) is 0 Å². The maximum atomic E-state index is 10.9. The van der Waals surface area contributed by atoms with Crippen LogP contribution in [-0.2, 0) is 0 Å². The molecule has 0 saturated carbocycles. The van der Waals surface area contributed by atoms with Crippen molar-refractivity contribution in [1.29, 1.82) is 0 Å². The van der Waals surface area contributed by atoms with Crippen LogP contribution in [0.25, 0.3) is 0 Å². The summed E-state index contributed by atoms with van der Waals surface area (Å²) in [6, 6.07) is 19.0. The van der Waals surface area contributed by atoms with Gasteiger partial charge in [0.25, 0.3) is 0 Å². The molecule has 0 spiro atoms. The number of anilines is 1. The second-order valence-corrected chi connectivity index (χ2v) is 7.04. The lowest BCUT2D eigenvalue weighted by Crippen LogP contribution is -2.40. The summed E-state index contributed by atoms with van der Waals surface area (Å²) < 4.78 is 0. The maximum absolute atomic E-state index is 10.9. The highest BCUT2D eigenvalue weighted by molar-refractivity contribution is 5.62. The number of aliphatic hydroxyl groups is 1. The third-order valence-corrected chi connectivity index (χ3v) is 5.10. The SMILES string of the molecule is CNC[C@@H](O)[C@H](c1ccccc1)N1CC(C(C)C)c2ccccc21. The van der Waals surface area contributed by atoms with Gasteiger partial charge in [0.1, 0.15) is 0 Å². The van der Waals surface area contributed by atoms with E-state index in [1.165, 1.54) is 16.8 Å². The topological polar surface area (TPSA) is 35.5 Å². The molecule has 0 fully saturated rings.